The summed E-state index contributed by atoms with van der Waals surface area (Å²) in [6, 6.07) is 3.87. The van der Waals surface area contributed by atoms with Gasteiger partial charge in [-0.3, -0.25) is 9.48 Å². The normalized spacial score (nSPS) is 12.4. The third-order valence-electron chi connectivity index (χ3n) is 2.68. The van der Waals surface area contributed by atoms with Gasteiger partial charge >= 0.3 is 0 Å². The molecule has 5 heteroatoms. The molecule has 0 bridgehead atoms. The summed E-state index contributed by atoms with van der Waals surface area (Å²) in [6.45, 7) is 6.65. The van der Waals surface area contributed by atoms with Gasteiger partial charge in [0.05, 0.1) is 12.1 Å². The number of hydrogen-bond acceptors (Lipinski definition) is 3. The van der Waals surface area contributed by atoms with Crippen LogP contribution in [0.2, 0.25) is 0 Å². The van der Waals surface area contributed by atoms with E-state index in [1.54, 1.807) is 17.5 Å². The maximum atomic E-state index is 12.1. The van der Waals surface area contributed by atoms with Crippen LogP contribution in [0.5, 0.6) is 0 Å². The lowest BCUT2D eigenvalue weighted by molar-refractivity contribution is 0.0936. The average molecular weight is 263 g/mol. The highest BCUT2D eigenvalue weighted by Gasteiger charge is 2.14. The van der Waals surface area contributed by atoms with Crippen LogP contribution in [0.3, 0.4) is 0 Å². The van der Waals surface area contributed by atoms with Crippen LogP contribution in [0.4, 0.5) is 0 Å². The molecule has 1 amide bonds. The number of nitrogens with one attached hydrogen (secondary N) is 1. The highest BCUT2D eigenvalue weighted by molar-refractivity contribution is 7.12. The molecule has 1 atom stereocenters. The Morgan fingerprint density at radius 2 is 2.33 bits per heavy atom. The second kappa shape index (κ2) is 5.35. The molecule has 0 radical (unpaired) electrons. The van der Waals surface area contributed by atoms with Gasteiger partial charge in [-0.15, -0.1) is 11.3 Å². The van der Waals surface area contributed by atoms with E-state index in [1.165, 1.54) is 0 Å². The van der Waals surface area contributed by atoms with Crippen LogP contribution in [0.15, 0.2) is 24.5 Å². The molecule has 2 aromatic heterocycles. The van der Waals surface area contributed by atoms with Gasteiger partial charge in [0.2, 0.25) is 0 Å². The highest BCUT2D eigenvalue weighted by atomic mass is 32.1. The Bertz CT molecular complexity index is 530. The number of rotatable bonds is 4. The van der Waals surface area contributed by atoms with Crippen LogP contribution < -0.4 is 5.32 Å². The van der Waals surface area contributed by atoms with E-state index in [4.69, 9.17) is 0 Å². The summed E-state index contributed by atoms with van der Waals surface area (Å²) in [5.74, 6) is -0.00324. The molecular formula is C13H17N3OS. The van der Waals surface area contributed by atoms with Crippen molar-refractivity contribution in [2.24, 2.45) is 0 Å². The van der Waals surface area contributed by atoms with E-state index in [0.717, 1.165) is 15.3 Å². The summed E-state index contributed by atoms with van der Waals surface area (Å²) in [4.78, 5) is 14.3. The van der Waals surface area contributed by atoms with Crippen LogP contribution >= 0.6 is 11.3 Å². The molecule has 96 valence electrons. The smallest absolute Gasteiger partial charge is 0.252 e. The van der Waals surface area contributed by atoms with Gasteiger partial charge in [-0.1, -0.05) is 0 Å². The van der Waals surface area contributed by atoms with Gasteiger partial charge < -0.3 is 5.32 Å². The SMILES string of the molecule is Cc1cc(C(=O)N[C@H](C)Cn2cccn2)c(C)s1. The Kier molecular flexibility index (Phi) is 3.81. The summed E-state index contributed by atoms with van der Waals surface area (Å²) in [5, 5.41) is 7.12. The predicted octanol–water partition coefficient (Wildman–Crippen LogP) is 2.38. The molecule has 0 saturated carbocycles. The minimum absolute atomic E-state index is 0.00324. The Morgan fingerprint density at radius 3 is 2.89 bits per heavy atom. The van der Waals surface area contributed by atoms with Gasteiger partial charge in [0.25, 0.3) is 5.91 Å². The minimum atomic E-state index is -0.00324. The Labute approximate surface area is 111 Å². The van der Waals surface area contributed by atoms with Crippen LogP contribution in [-0.2, 0) is 6.54 Å². The Hall–Kier alpha value is -1.62. The number of nitrogens with zero attached hydrogens (tertiary/aromatic N) is 2. The highest BCUT2D eigenvalue weighted by Crippen LogP contribution is 2.20. The van der Waals surface area contributed by atoms with E-state index < -0.39 is 0 Å². The largest absolute Gasteiger partial charge is 0.348 e. The van der Waals surface area contributed by atoms with Crippen molar-refractivity contribution in [3.63, 3.8) is 0 Å². The van der Waals surface area contributed by atoms with Gasteiger partial charge in [0.1, 0.15) is 0 Å². The van der Waals surface area contributed by atoms with Crippen molar-refractivity contribution in [1.29, 1.82) is 0 Å². The van der Waals surface area contributed by atoms with Crippen molar-refractivity contribution in [1.82, 2.24) is 15.1 Å². The number of thiophene rings is 1. The van der Waals surface area contributed by atoms with Crippen molar-refractivity contribution >= 4 is 17.2 Å². The van der Waals surface area contributed by atoms with Crippen LogP contribution in [0.25, 0.3) is 0 Å². The van der Waals surface area contributed by atoms with Gasteiger partial charge in [-0.25, -0.2) is 0 Å². The fraction of sp³-hybridized carbons (Fsp3) is 0.385. The molecule has 0 aliphatic heterocycles. The van der Waals surface area contributed by atoms with E-state index in [9.17, 15) is 4.79 Å². The molecule has 4 nitrogen and oxygen atoms in total. The summed E-state index contributed by atoms with van der Waals surface area (Å²) in [5.41, 5.74) is 0.782. The molecular weight excluding hydrogens is 246 g/mol. The van der Waals surface area contributed by atoms with E-state index in [0.29, 0.717) is 6.54 Å². The van der Waals surface area contributed by atoms with Crippen molar-refractivity contribution in [3.05, 3.63) is 39.8 Å². The third kappa shape index (κ3) is 2.98. The molecule has 0 aliphatic rings. The zero-order chi connectivity index (χ0) is 13.1. The zero-order valence-corrected chi connectivity index (χ0v) is 11.6. The Morgan fingerprint density at radius 1 is 1.56 bits per heavy atom. The van der Waals surface area contributed by atoms with Crippen LogP contribution in [-0.4, -0.2) is 21.7 Å². The predicted molar refractivity (Wildman–Crippen MR) is 72.9 cm³/mol. The fourth-order valence-corrected chi connectivity index (χ4v) is 2.81. The quantitative estimate of drug-likeness (QED) is 0.920. The fourth-order valence-electron chi connectivity index (χ4n) is 1.89. The summed E-state index contributed by atoms with van der Waals surface area (Å²) in [7, 11) is 0. The first-order valence-corrected chi connectivity index (χ1v) is 6.73. The lowest BCUT2D eigenvalue weighted by Gasteiger charge is -2.13. The molecule has 1 N–H and O–H groups in total. The maximum absolute atomic E-state index is 12.1. The van der Waals surface area contributed by atoms with E-state index >= 15 is 0 Å². The third-order valence-corrected chi connectivity index (χ3v) is 3.65. The number of carbonyl (C=O) groups is 1. The molecule has 0 aliphatic carbocycles. The van der Waals surface area contributed by atoms with Gasteiger partial charge in [0.15, 0.2) is 0 Å². The molecule has 0 spiro atoms. The zero-order valence-electron chi connectivity index (χ0n) is 10.8. The van der Waals surface area contributed by atoms with Crippen molar-refractivity contribution in [3.8, 4) is 0 Å². The average Bonchev–Trinajstić information content (AvgIpc) is 2.88. The molecule has 18 heavy (non-hydrogen) atoms. The van der Waals surface area contributed by atoms with Crippen LogP contribution in [0.1, 0.15) is 27.0 Å². The maximum Gasteiger partial charge on any atom is 0.252 e. The molecule has 2 aromatic rings. The second-order valence-corrected chi connectivity index (χ2v) is 5.89. The second-order valence-electron chi connectivity index (χ2n) is 4.43. The first-order valence-electron chi connectivity index (χ1n) is 5.91. The molecule has 2 heterocycles. The van der Waals surface area contributed by atoms with Gasteiger partial charge in [-0.2, -0.15) is 5.10 Å². The van der Waals surface area contributed by atoms with Gasteiger partial charge in [0, 0.05) is 28.2 Å². The summed E-state index contributed by atoms with van der Waals surface area (Å²) < 4.78 is 1.82. The van der Waals surface area contributed by atoms with Crippen LogP contribution in [0, 0.1) is 13.8 Å². The monoisotopic (exact) mass is 263 g/mol. The number of hydrogen-bond donors (Lipinski definition) is 1. The molecule has 0 unspecified atom stereocenters. The lowest BCUT2D eigenvalue weighted by Crippen LogP contribution is -2.35. The molecule has 2 rings (SSSR count). The molecule has 0 saturated heterocycles. The minimum Gasteiger partial charge on any atom is -0.348 e. The Balaban J connectivity index is 1.97. The number of carbonyl (C=O) groups excluding carboxylic acids is 1. The van der Waals surface area contributed by atoms with Gasteiger partial charge in [-0.05, 0) is 32.9 Å². The van der Waals surface area contributed by atoms with E-state index in [-0.39, 0.29) is 11.9 Å². The summed E-state index contributed by atoms with van der Waals surface area (Å²) in [6.07, 6.45) is 3.63. The van der Waals surface area contributed by atoms with Crippen molar-refractivity contribution in [2.75, 3.05) is 0 Å². The number of aromatic nitrogens is 2. The van der Waals surface area contributed by atoms with Crippen molar-refractivity contribution in [2.45, 2.75) is 33.4 Å². The molecule has 0 aromatic carbocycles. The van der Waals surface area contributed by atoms with E-state index in [2.05, 4.69) is 10.4 Å². The topological polar surface area (TPSA) is 46.9 Å². The summed E-state index contributed by atoms with van der Waals surface area (Å²) >= 11 is 1.65. The van der Waals surface area contributed by atoms with Crippen molar-refractivity contribution < 1.29 is 4.79 Å². The molecule has 0 fully saturated rings. The number of amides is 1. The lowest BCUT2D eigenvalue weighted by atomic mass is 10.2. The standard InChI is InChI=1S/C13H17N3OS/c1-9(8-16-6-4-5-14-16)15-13(17)12-7-10(2)18-11(12)3/h4-7,9H,8H2,1-3H3,(H,15,17)/t9-/m1/s1. The first-order chi connectivity index (χ1) is 8.56. The number of aryl methyl sites for hydroxylation is 2. The first kappa shape index (κ1) is 12.8. The van der Waals surface area contributed by atoms with E-state index in [1.807, 2.05) is 43.8 Å².